The molecule has 1 aromatic heterocycles. The quantitative estimate of drug-likeness (QED) is 0.253. The van der Waals surface area contributed by atoms with Crippen molar-refractivity contribution in [3.8, 4) is 17.2 Å². The van der Waals surface area contributed by atoms with Gasteiger partial charge in [0.2, 0.25) is 6.79 Å². The Balaban J connectivity index is 1.06. The number of halogens is 1. The normalized spacial score (nSPS) is 14.9. The van der Waals surface area contributed by atoms with Crippen LogP contribution in [0.3, 0.4) is 0 Å². The van der Waals surface area contributed by atoms with E-state index in [1.54, 1.807) is 19.2 Å². The molecule has 2 aliphatic heterocycles. The van der Waals surface area contributed by atoms with E-state index in [-0.39, 0.29) is 18.5 Å². The van der Waals surface area contributed by atoms with Gasteiger partial charge in [-0.2, -0.15) is 0 Å². The molecule has 10 heteroatoms. The summed E-state index contributed by atoms with van der Waals surface area (Å²) in [5, 5.41) is 2.73. The third-order valence-electron chi connectivity index (χ3n) is 7.52. The number of benzene rings is 3. The van der Waals surface area contributed by atoms with E-state index < -0.39 is 0 Å². The molecule has 6 rings (SSSR count). The highest BCUT2D eigenvalue weighted by atomic mass is 32.1. The Kier molecular flexibility index (Phi) is 8.64. The average molecular weight is 589 g/mol. The average Bonchev–Trinajstić information content (AvgIpc) is 3.68. The van der Waals surface area contributed by atoms with Gasteiger partial charge in [-0.15, -0.1) is 11.3 Å². The van der Waals surface area contributed by atoms with Crippen LogP contribution in [0.15, 0.2) is 72.1 Å². The van der Waals surface area contributed by atoms with Crippen LogP contribution >= 0.6 is 11.3 Å². The van der Waals surface area contributed by atoms with Crippen LogP contribution in [-0.4, -0.2) is 65.7 Å². The number of aromatic nitrogens is 1. The third-order valence-corrected chi connectivity index (χ3v) is 8.35. The largest absolute Gasteiger partial charge is 0.497 e. The molecule has 218 valence electrons. The fraction of sp³-hybridized carbons (Fsp3) is 0.312. The standard InChI is InChI=1S/C32H33FN4O4S/c1-39-27-9-4-24(5-10-27)18-36(17-23-2-7-26(33)8-3-23)20-31-34-28(21-42-31)32(38)37-14-12-35(13-15-37)19-25-6-11-29-30(16-25)41-22-40-29/h2-11,16,21H,12-15,17-20,22H2,1H3. The molecule has 1 amide bonds. The lowest BCUT2D eigenvalue weighted by atomic mass is 10.1. The molecule has 8 nitrogen and oxygen atoms in total. The number of hydrogen-bond donors (Lipinski definition) is 0. The molecular formula is C32H33FN4O4S. The van der Waals surface area contributed by atoms with Crippen molar-refractivity contribution in [2.45, 2.75) is 26.2 Å². The summed E-state index contributed by atoms with van der Waals surface area (Å²) in [4.78, 5) is 24.5. The number of nitrogens with zero attached hydrogens (tertiary/aromatic N) is 4. The van der Waals surface area contributed by atoms with Gasteiger partial charge in [0.1, 0.15) is 22.3 Å². The molecule has 1 saturated heterocycles. The summed E-state index contributed by atoms with van der Waals surface area (Å²) in [7, 11) is 1.65. The van der Waals surface area contributed by atoms with E-state index in [1.165, 1.54) is 29.0 Å². The predicted molar refractivity (Wildman–Crippen MR) is 158 cm³/mol. The van der Waals surface area contributed by atoms with Crippen LogP contribution in [0.1, 0.15) is 32.2 Å². The Bertz CT molecular complexity index is 1500. The Labute approximate surface area is 248 Å². The molecule has 0 saturated carbocycles. The number of piperazine rings is 1. The van der Waals surface area contributed by atoms with Gasteiger partial charge in [-0.25, -0.2) is 9.37 Å². The van der Waals surface area contributed by atoms with Gasteiger partial charge in [-0.3, -0.25) is 14.6 Å². The fourth-order valence-corrected chi connectivity index (χ4v) is 6.06. The fourth-order valence-electron chi connectivity index (χ4n) is 5.25. The summed E-state index contributed by atoms with van der Waals surface area (Å²) in [6.07, 6.45) is 0. The predicted octanol–water partition coefficient (Wildman–Crippen LogP) is 5.18. The van der Waals surface area contributed by atoms with Crippen molar-refractivity contribution in [2.75, 3.05) is 40.1 Å². The summed E-state index contributed by atoms with van der Waals surface area (Å²) in [6.45, 7) is 5.86. The summed E-state index contributed by atoms with van der Waals surface area (Å²) >= 11 is 1.50. The smallest absolute Gasteiger partial charge is 0.273 e. The van der Waals surface area contributed by atoms with Crippen LogP contribution in [0.4, 0.5) is 4.39 Å². The topological polar surface area (TPSA) is 67.4 Å². The zero-order valence-electron chi connectivity index (χ0n) is 23.5. The highest BCUT2D eigenvalue weighted by Crippen LogP contribution is 2.33. The van der Waals surface area contributed by atoms with Crippen molar-refractivity contribution < 1.29 is 23.4 Å². The highest BCUT2D eigenvalue weighted by Gasteiger charge is 2.25. The molecule has 0 unspecified atom stereocenters. The molecule has 42 heavy (non-hydrogen) atoms. The van der Waals surface area contributed by atoms with Gasteiger partial charge in [0.15, 0.2) is 11.5 Å². The molecule has 4 aromatic rings. The first kappa shape index (κ1) is 28.1. The Morgan fingerprint density at radius 3 is 2.29 bits per heavy atom. The van der Waals surface area contributed by atoms with Crippen molar-refractivity contribution in [1.82, 2.24) is 19.7 Å². The number of carbonyl (C=O) groups is 1. The number of amides is 1. The van der Waals surface area contributed by atoms with Crippen molar-refractivity contribution in [2.24, 2.45) is 0 Å². The molecule has 1 fully saturated rings. The van der Waals surface area contributed by atoms with Crippen LogP contribution in [0.5, 0.6) is 17.2 Å². The van der Waals surface area contributed by atoms with Gasteiger partial charge in [-0.1, -0.05) is 30.3 Å². The minimum atomic E-state index is -0.253. The third kappa shape index (κ3) is 6.89. The Morgan fingerprint density at radius 1 is 0.905 bits per heavy atom. The maximum Gasteiger partial charge on any atom is 0.273 e. The zero-order chi connectivity index (χ0) is 28.9. The molecule has 0 N–H and O–H groups in total. The van der Waals surface area contributed by atoms with E-state index in [4.69, 9.17) is 19.2 Å². The van der Waals surface area contributed by atoms with Gasteiger partial charge in [0, 0.05) is 51.2 Å². The van der Waals surface area contributed by atoms with E-state index in [0.717, 1.165) is 53.0 Å². The number of hydrogen-bond acceptors (Lipinski definition) is 8. The van der Waals surface area contributed by atoms with Crippen LogP contribution < -0.4 is 14.2 Å². The van der Waals surface area contributed by atoms with Gasteiger partial charge in [0.05, 0.1) is 13.7 Å². The van der Waals surface area contributed by atoms with Crippen LogP contribution in [0.2, 0.25) is 0 Å². The number of carbonyl (C=O) groups excluding carboxylic acids is 1. The van der Waals surface area contributed by atoms with E-state index in [0.29, 0.717) is 38.4 Å². The zero-order valence-corrected chi connectivity index (χ0v) is 24.3. The second kappa shape index (κ2) is 12.9. The molecular weight excluding hydrogens is 555 g/mol. The first-order chi connectivity index (χ1) is 20.5. The summed E-state index contributed by atoms with van der Waals surface area (Å²) in [5.41, 5.74) is 3.80. The summed E-state index contributed by atoms with van der Waals surface area (Å²) in [6, 6.07) is 20.6. The monoisotopic (exact) mass is 588 g/mol. The second-order valence-corrected chi connectivity index (χ2v) is 11.4. The molecule has 0 bridgehead atoms. The van der Waals surface area contributed by atoms with Crippen molar-refractivity contribution >= 4 is 17.2 Å². The first-order valence-electron chi connectivity index (χ1n) is 14.0. The SMILES string of the molecule is COc1ccc(CN(Cc2ccc(F)cc2)Cc2nc(C(=O)N3CCN(Cc4ccc5c(c4)OCO5)CC3)cs2)cc1. The highest BCUT2D eigenvalue weighted by molar-refractivity contribution is 7.09. The van der Waals surface area contributed by atoms with Gasteiger partial charge in [-0.05, 0) is 53.1 Å². The molecule has 3 aromatic carbocycles. The van der Waals surface area contributed by atoms with Gasteiger partial charge in [0.25, 0.3) is 5.91 Å². The Morgan fingerprint density at radius 2 is 1.57 bits per heavy atom. The first-order valence-corrected chi connectivity index (χ1v) is 14.8. The van der Waals surface area contributed by atoms with E-state index >= 15 is 0 Å². The van der Waals surface area contributed by atoms with Gasteiger partial charge < -0.3 is 19.1 Å². The lowest BCUT2D eigenvalue weighted by Gasteiger charge is -2.34. The minimum absolute atomic E-state index is 0.0273. The molecule has 0 radical (unpaired) electrons. The van der Waals surface area contributed by atoms with Crippen molar-refractivity contribution in [3.05, 3.63) is 105 Å². The summed E-state index contributed by atoms with van der Waals surface area (Å²) in [5.74, 6) is 2.11. The number of rotatable bonds is 10. The molecule has 0 aliphatic carbocycles. The number of methoxy groups -OCH3 is 1. The maximum atomic E-state index is 13.5. The molecule has 0 atom stereocenters. The van der Waals surface area contributed by atoms with Crippen LogP contribution in [0, 0.1) is 5.82 Å². The second-order valence-electron chi connectivity index (χ2n) is 10.5. The van der Waals surface area contributed by atoms with Crippen molar-refractivity contribution in [1.29, 1.82) is 0 Å². The van der Waals surface area contributed by atoms with E-state index in [2.05, 4.69) is 15.9 Å². The molecule has 3 heterocycles. The lowest BCUT2D eigenvalue weighted by molar-refractivity contribution is 0.0623. The molecule has 0 spiro atoms. The number of ether oxygens (including phenoxy) is 3. The lowest BCUT2D eigenvalue weighted by Crippen LogP contribution is -2.48. The minimum Gasteiger partial charge on any atom is -0.497 e. The van der Waals surface area contributed by atoms with Crippen LogP contribution in [-0.2, 0) is 26.2 Å². The van der Waals surface area contributed by atoms with Crippen molar-refractivity contribution in [3.63, 3.8) is 0 Å². The van der Waals surface area contributed by atoms with Gasteiger partial charge >= 0.3 is 0 Å². The number of thiazole rings is 1. The molecule has 2 aliphatic rings. The van der Waals surface area contributed by atoms with E-state index in [1.807, 2.05) is 46.7 Å². The summed E-state index contributed by atoms with van der Waals surface area (Å²) < 4.78 is 29.7. The van der Waals surface area contributed by atoms with E-state index in [9.17, 15) is 9.18 Å². The van der Waals surface area contributed by atoms with Crippen LogP contribution in [0.25, 0.3) is 0 Å². The number of fused-ring (bicyclic) bond motifs is 1. The Hall–Kier alpha value is -3.99. The maximum absolute atomic E-state index is 13.5.